The van der Waals surface area contributed by atoms with Gasteiger partial charge in [-0.05, 0) is 80.0 Å². The number of piperidine rings is 1. The maximum absolute atomic E-state index is 14.4. The number of ketones is 2. The van der Waals surface area contributed by atoms with Crippen LogP contribution in [0.25, 0.3) is 22.0 Å². The second-order valence-corrected chi connectivity index (χ2v) is 15.9. The molecule has 2 aromatic heterocycles. The normalized spacial score (nSPS) is 24.2. The molecule has 10 nitrogen and oxygen atoms in total. The second kappa shape index (κ2) is 13.2. The van der Waals surface area contributed by atoms with Crippen LogP contribution in [-0.2, 0) is 27.3 Å². The Morgan fingerprint density at radius 3 is 2.42 bits per heavy atom. The van der Waals surface area contributed by atoms with E-state index in [0.717, 1.165) is 67.2 Å². The minimum Gasteiger partial charge on any atom is -0.355 e. The van der Waals surface area contributed by atoms with Gasteiger partial charge in [-0.2, -0.15) is 5.10 Å². The number of nitrogens with zero attached hydrogens (tertiary/aromatic N) is 5. The van der Waals surface area contributed by atoms with Crippen LogP contribution in [-0.4, -0.2) is 66.7 Å². The summed E-state index contributed by atoms with van der Waals surface area (Å²) in [5.74, 6) is 0.658. The number of hydrogen-bond donors (Lipinski definition) is 1. The largest absolute Gasteiger partial charge is 0.355 e. The standard InChI is InChI=1S/C38H50N6O4/c1-23(16-37(4,5)6)13-31(46)30-17-38-18-32(38)44(30)34(48)21-43-36-26(11-9-7-8-10-12-33(47)41-22-38)14-27(28-19-39-25(3)40-20-28)15-29(36)35(42-43)24(2)45/h14-15,19-20,23,30,32H,7-13,16-18,21-22H2,1-6H3,(H,41,47)/t23-,30+,32-,38+/m1/s1. The van der Waals surface area contributed by atoms with E-state index in [1.165, 1.54) is 6.92 Å². The van der Waals surface area contributed by atoms with Crippen molar-refractivity contribution < 1.29 is 19.2 Å². The van der Waals surface area contributed by atoms with E-state index in [2.05, 4.69) is 49.0 Å². The molecule has 0 spiro atoms. The quantitative estimate of drug-likeness (QED) is 0.322. The third-order valence-corrected chi connectivity index (χ3v) is 10.5. The van der Waals surface area contributed by atoms with Gasteiger partial charge in [-0.25, -0.2) is 9.97 Å². The lowest BCUT2D eigenvalue weighted by Gasteiger charge is -2.29. The SMILES string of the molecule is CC(=O)c1nn2c3c(cc(-c4cnc(C)nc4)cc13)CCCCCCC(=O)NC[C@@]13C[C@@H](C(=O)C[C@@H](C)CC(C)(C)C)N(C(=O)C2)[C@@H]1C3. The molecule has 4 heterocycles. The Balaban J connectivity index is 1.39. The summed E-state index contributed by atoms with van der Waals surface area (Å²) in [5.41, 5.74) is 3.68. The van der Waals surface area contributed by atoms with Crippen LogP contribution in [0, 0.1) is 23.7 Å². The Morgan fingerprint density at radius 2 is 1.73 bits per heavy atom. The molecule has 3 aromatic rings. The molecule has 48 heavy (non-hydrogen) atoms. The first-order valence-electron chi connectivity index (χ1n) is 17.7. The first-order valence-corrected chi connectivity index (χ1v) is 17.7. The minimum absolute atomic E-state index is 0.0393. The highest BCUT2D eigenvalue weighted by atomic mass is 16.2. The fraction of sp³-hybridized carbons (Fsp3) is 0.605. The summed E-state index contributed by atoms with van der Waals surface area (Å²) in [6.07, 6.45) is 11.0. The summed E-state index contributed by atoms with van der Waals surface area (Å²) < 4.78 is 1.70. The highest BCUT2D eigenvalue weighted by molar-refractivity contribution is 6.07. The van der Waals surface area contributed by atoms with Crippen LogP contribution in [0.4, 0.5) is 0 Å². The van der Waals surface area contributed by atoms with Crippen molar-refractivity contribution in [2.24, 2.45) is 16.7 Å². The number of aromatic nitrogens is 4. The molecule has 3 aliphatic rings. The Bertz CT molecular complexity index is 1740. The average Bonchev–Trinajstić information content (AvgIpc) is 3.42. The zero-order valence-corrected chi connectivity index (χ0v) is 29.4. The molecule has 6 rings (SSSR count). The van der Waals surface area contributed by atoms with Crippen LogP contribution >= 0.6 is 0 Å². The van der Waals surface area contributed by atoms with E-state index in [4.69, 9.17) is 5.10 Å². The van der Waals surface area contributed by atoms with E-state index in [1.807, 2.05) is 17.9 Å². The lowest BCUT2D eigenvalue weighted by atomic mass is 9.82. The van der Waals surface area contributed by atoms with Crippen molar-refractivity contribution in [3.05, 3.63) is 41.6 Å². The van der Waals surface area contributed by atoms with E-state index >= 15 is 0 Å². The Labute approximate surface area is 283 Å². The fourth-order valence-corrected chi connectivity index (χ4v) is 8.32. The smallest absolute Gasteiger partial charge is 0.245 e. The van der Waals surface area contributed by atoms with Crippen molar-refractivity contribution in [2.75, 3.05) is 6.54 Å². The van der Waals surface area contributed by atoms with Crippen LogP contribution in [0.15, 0.2) is 24.5 Å². The Morgan fingerprint density at radius 1 is 1.02 bits per heavy atom. The summed E-state index contributed by atoms with van der Waals surface area (Å²) in [6, 6.07) is 3.43. The van der Waals surface area contributed by atoms with Gasteiger partial charge in [0.15, 0.2) is 11.6 Å². The number of carbonyl (C=O) groups is 4. The molecule has 0 unspecified atom stereocenters. The van der Waals surface area contributed by atoms with Crippen molar-refractivity contribution in [1.29, 1.82) is 0 Å². The minimum atomic E-state index is -0.531. The molecular formula is C38H50N6O4. The van der Waals surface area contributed by atoms with Crippen LogP contribution in [0.5, 0.6) is 0 Å². The van der Waals surface area contributed by atoms with E-state index in [-0.39, 0.29) is 52.7 Å². The highest BCUT2D eigenvalue weighted by Gasteiger charge is 2.66. The fourth-order valence-electron chi connectivity index (χ4n) is 8.32. The van der Waals surface area contributed by atoms with Crippen LogP contribution < -0.4 is 5.32 Å². The monoisotopic (exact) mass is 654 g/mol. The van der Waals surface area contributed by atoms with Gasteiger partial charge in [-0.1, -0.05) is 40.5 Å². The third-order valence-electron chi connectivity index (χ3n) is 10.5. The zero-order valence-electron chi connectivity index (χ0n) is 29.4. The molecule has 1 aliphatic carbocycles. The zero-order chi connectivity index (χ0) is 34.4. The lowest BCUT2D eigenvalue weighted by molar-refractivity contribution is -0.139. The van der Waals surface area contributed by atoms with Gasteiger partial charge >= 0.3 is 0 Å². The molecule has 0 radical (unpaired) electrons. The van der Waals surface area contributed by atoms with Gasteiger partial charge in [0.25, 0.3) is 0 Å². The van der Waals surface area contributed by atoms with E-state index in [9.17, 15) is 19.2 Å². The van der Waals surface area contributed by atoms with Crippen molar-refractivity contribution in [3.63, 3.8) is 0 Å². The molecule has 1 N–H and O–H groups in total. The molecule has 1 aromatic carbocycles. The molecule has 1 saturated carbocycles. The van der Waals surface area contributed by atoms with Crippen LogP contribution in [0.3, 0.4) is 0 Å². The highest BCUT2D eigenvalue weighted by Crippen LogP contribution is 2.59. The van der Waals surface area contributed by atoms with E-state index in [0.29, 0.717) is 42.7 Å². The van der Waals surface area contributed by atoms with Gasteiger partial charge in [0.05, 0.1) is 11.6 Å². The van der Waals surface area contributed by atoms with Crippen LogP contribution in [0.1, 0.15) is 114 Å². The number of carbonyl (C=O) groups excluding carboxylic acids is 4. The van der Waals surface area contributed by atoms with Gasteiger partial charge < -0.3 is 10.2 Å². The second-order valence-electron chi connectivity index (χ2n) is 15.9. The third kappa shape index (κ3) is 7.08. The topological polar surface area (TPSA) is 127 Å². The van der Waals surface area contributed by atoms with Crippen molar-refractivity contribution >= 4 is 34.3 Å². The number of hydrogen-bond acceptors (Lipinski definition) is 7. The summed E-state index contributed by atoms with van der Waals surface area (Å²) in [5, 5.41) is 8.63. The molecule has 2 fully saturated rings. The first kappa shape index (κ1) is 33.9. The van der Waals surface area contributed by atoms with Crippen molar-refractivity contribution in [1.82, 2.24) is 30.0 Å². The average molecular weight is 655 g/mol. The van der Waals surface area contributed by atoms with Gasteiger partial charge in [-0.3, -0.25) is 23.9 Å². The van der Waals surface area contributed by atoms with E-state index < -0.39 is 6.04 Å². The Kier molecular flexibility index (Phi) is 9.30. The predicted octanol–water partition coefficient (Wildman–Crippen LogP) is 6.02. The molecule has 256 valence electrons. The molecular weight excluding hydrogens is 604 g/mol. The van der Waals surface area contributed by atoms with Gasteiger partial charge in [0.1, 0.15) is 18.1 Å². The number of amides is 2. The lowest BCUT2D eigenvalue weighted by Crippen LogP contribution is -2.45. The number of benzene rings is 1. The van der Waals surface area contributed by atoms with Crippen molar-refractivity contribution in [3.8, 4) is 11.1 Å². The maximum Gasteiger partial charge on any atom is 0.245 e. The summed E-state index contributed by atoms with van der Waals surface area (Å²) in [4.78, 5) is 64.8. The van der Waals surface area contributed by atoms with Gasteiger partial charge in [0, 0.05) is 61.1 Å². The van der Waals surface area contributed by atoms with Crippen molar-refractivity contribution in [2.45, 2.75) is 124 Å². The Hall–Kier alpha value is -3.95. The van der Waals surface area contributed by atoms with Crippen LogP contribution in [0.2, 0.25) is 0 Å². The predicted molar refractivity (Wildman–Crippen MR) is 184 cm³/mol. The maximum atomic E-state index is 14.4. The summed E-state index contributed by atoms with van der Waals surface area (Å²) in [6.45, 7) is 12.4. The molecule has 1 saturated heterocycles. The number of aryl methyl sites for hydroxylation is 2. The van der Waals surface area contributed by atoms with E-state index in [1.54, 1.807) is 17.1 Å². The summed E-state index contributed by atoms with van der Waals surface area (Å²) in [7, 11) is 0. The number of nitrogens with one attached hydrogen (secondary N) is 1. The van der Waals surface area contributed by atoms with Gasteiger partial charge in [0.2, 0.25) is 11.8 Å². The molecule has 10 heteroatoms. The molecule has 2 amide bonds. The first-order chi connectivity index (χ1) is 22.7. The molecule has 2 aliphatic heterocycles. The van der Waals surface area contributed by atoms with Gasteiger partial charge in [-0.15, -0.1) is 0 Å². The molecule has 4 atom stereocenters. The molecule has 2 bridgehead atoms. The number of rotatable bonds is 6. The summed E-state index contributed by atoms with van der Waals surface area (Å²) >= 11 is 0. The number of Topliss-reactive ketones (excluding diaryl/α,β-unsaturated/α-hetero) is 2.